The Labute approximate surface area is 266 Å². The average Bonchev–Trinajstić information content (AvgIpc) is 3.58. The van der Waals surface area contributed by atoms with Gasteiger partial charge in [-0.05, 0) is 76.9 Å². The number of hydrogen-bond donors (Lipinski definition) is 0. The summed E-state index contributed by atoms with van der Waals surface area (Å²) in [4.78, 5) is 7.49. The lowest BCUT2D eigenvalue weighted by Gasteiger charge is -2.46. The molecule has 0 fully saturated rings. The van der Waals surface area contributed by atoms with Crippen molar-refractivity contribution in [1.29, 1.82) is 0 Å². The van der Waals surface area contributed by atoms with Gasteiger partial charge in [-0.25, -0.2) is 0 Å². The molecule has 6 aromatic carbocycles. The maximum atomic E-state index is 2.57. The van der Waals surface area contributed by atoms with Gasteiger partial charge in [0.05, 0.1) is 34.1 Å². The molecule has 45 heavy (non-hydrogen) atoms. The minimum atomic E-state index is -0.0737. The highest BCUT2D eigenvalue weighted by Crippen LogP contribution is 2.68. The highest BCUT2D eigenvalue weighted by molar-refractivity contribution is 7.24. The van der Waals surface area contributed by atoms with Crippen molar-refractivity contribution in [3.8, 4) is 11.1 Å². The molecule has 3 aliphatic rings. The summed E-state index contributed by atoms with van der Waals surface area (Å²) in [6.45, 7) is 4.75. The molecule has 2 aliphatic heterocycles. The van der Waals surface area contributed by atoms with E-state index in [1.807, 2.05) is 11.3 Å². The molecule has 4 heteroatoms. The van der Waals surface area contributed by atoms with Gasteiger partial charge in [-0.2, -0.15) is 0 Å². The molecule has 7 aromatic rings. The number of rotatable bonds is 2. The Morgan fingerprint density at radius 1 is 0.467 bits per heavy atom. The van der Waals surface area contributed by atoms with Crippen molar-refractivity contribution in [2.75, 3.05) is 14.7 Å². The molecule has 0 radical (unpaired) electrons. The van der Waals surface area contributed by atoms with Crippen LogP contribution in [0, 0.1) is 0 Å². The zero-order chi connectivity index (χ0) is 29.9. The minimum Gasteiger partial charge on any atom is -0.306 e. The van der Waals surface area contributed by atoms with Gasteiger partial charge in [0, 0.05) is 26.9 Å². The molecule has 0 unspecified atom stereocenters. The lowest BCUT2D eigenvalue weighted by atomic mass is 9.82. The summed E-state index contributed by atoms with van der Waals surface area (Å²) in [5.74, 6) is 0. The van der Waals surface area contributed by atoms with E-state index in [9.17, 15) is 0 Å². The van der Waals surface area contributed by atoms with Crippen molar-refractivity contribution in [2.24, 2.45) is 0 Å². The lowest BCUT2D eigenvalue weighted by molar-refractivity contribution is 0.661. The van der Waals surface area contributed by atoms with E-state index in [1.165, 1.54) is 77.2 Å². The van der Waals surface area contributed by atoms with Crippen molar-refractivity contribution >= 4 is 71.9 Å². The van der Waals surface area contributed by atoms with Gasteiger partial charge >= 0.3 is 0 Å². The Bertz CT molecular complexity index is 2320. The van der Waals surface area contributed by atoms with Crippen LogP contribution in [0.1, 0.15) is 25.0 Å². The van der Waals surface area contributed by atoms with Crippen molar-refractivity contribution in [3.63, 3.8) is 0 Å². The number of para-hydroxylation sites is 5. The third-order valence-electron chi connectivity index (χ3n) is 9.87. The molecule has 0 saturated carbocycles. The molecule has 0 saturated heterocycles. The maximum absolute atomic E-state index is 2.57. The SMILES string of the molecule is CC1(C)c2ccccc2-c2c1ccc1sc3c(c21)N1c2ccccc2N(c2ccccc2)c2cccc(c21)N3c1ccccc1. The van der Waals surface area contributed by atoms with Crippen LogP contribution in [0.3, 0.4) is 0 Å². The Morgan fingerprint density at radius 3 is 1.78 bits per heavy atom. The van der Waals surface area contributed by atoms with E-state index in [1.54, 1.807) is 0 Å². The van der Waals surface area contributed by atoms with Crippen LogP contribution in [-0.4, -0.2) is 0 Å². The topological polar surface area (TPSA) is 9.72 Å². The summed E-state index contributed by atoms with van der Waals surface area (Å²) in [6, 6.07) is 51.1. The predicted octanol–water partition coefficient (Wildman–Crippen LogP) is 12.2. The summed E-state index contributed by atoms with van der Waals surface area (Å²) in [7, 11) is 0. The second-order valence-electron chi connectivity index (χ2n) is 12.6. The first-order valence-corrected chi connectivity index (χ1v) is 16.4. The fourth-order valence-electron chi connectivity index (χ4n) is 7.95. The summed E-state index contributed by atoms with van der Waals surface area (Å²) < 4.78 is 1.31. The van der Waals surface area contributed by atoms with E-state index < -0.39 is 0 Å². The van der Waals surface area contributed by atoms with E-state index in [0.717, 1.165) is 5.69 Å². The van der Waals surface area contributed by atoms with Crippen LogP contribution in [0.5, 0.6) is 0 Å². The number of thiophene rings is 1. The number of fused-ring (bicyclic) bond motifs is 10. The molecule has 3 heterocycles. The molecule has 3 nitrogen and oxygen atoms in total. The van der Waals surface area contributed by atoms with Crippen LogP contribution in [-0.2, 0) is 5.41 Å². The van der Waals surface area contributed by atoms with Gasteiger partial charge < -0.3 is 9.80 Å². The zero-order valence-corrected chi connectivity index (χ0v) is 25.8. The van der Waals surface area contributed by atoms with Crippen LogP contribution in [0.15, 0.2) is 140 Å². The van der Waals surface area contributed by atoms with Gasteiger partial charge in [0.1, 0.15) is 5.00 Å². The second kappa shape index (κ2) is 8.87. The van der Waals surface area contributed by atoms with Gasteiger partial charge in [-0.3, -0.25) is 4.90 Å². The zero-order valence-electron chi connectivity index (χ0n) is 25.0. The fourth-order valence-corrected chi connectivity index (χ4v) is 9.18. The quantitative estimate of drug-likeness (QED) is 0.197. The predicted molar refractivity (Wildman–Crippen MR) is 191 cm³/mol. The van der Waals surface area contributed by atoms with E-state index in [0.29, 0.717) is 0 Å². The normalized spacial score (nSPS) is 14.9. The van der Waals surface area contributed by atoms with Crippen molar-refractivity contribution < 1.29 is 0 Å². The fraction of sp³-hybridized carbons (Fsp3) is 0.0732. The first kappa shape index (κ1) is 25.1. The van der Waals surface area contributed by atoms with E-state index in [-0.39, 0.29) is 5.41 Å². The molecular weight excluding hydrogens is 567 g/mol. The average molecular weight is 596 g/mol. The molecule has 0 spiro atoms. The summed E-state index contributed by atoms with van der Waals surface area (Å²) in [5, 5.41) is 2.59. The van der Waals surface area contributed by atoms with E-state index >= 15 is 0 Å². The van der Waals surface area contributed by atoms with Crippen LogP contribution in [0.25, 0.3) is 21.2 Å². The highest BCUT2D eigenvalue weighted by atomic mass is 32.1. The monoisotopic (exact) mass is 595 g/mol. The van der Waals surface area contributed by atoms with E-state index in [4.69, 9.17) is 0 Å². The number of hydrogen-bond acceptors (Lipinski definition) is 4. The Kier molecular flexibility index (Phi) is 4.94. The number of benzene rings is 6. The second-order valence-corrected chi connectivity index (χ2v) is 13.6. The molecule has 0 amide bonds. The molecule has 0 bridgehead atoms. The Morgan fingerprint density at radius 2 is 1.04 bits per heavy atom. The Hall–Kier alpha value is -5.32. The summed E-state index contributed by atoms with van der Waals surface area (Å²) in [6.07, 6.45) is 0. The van der Waals surface area contributed by atoms with Gasteiger partial charge in [0.25, 0.3) is 0 Å². The number of anilines is 9. The Balaban J connectivity index is 1.37. The van der Waals surface area contributed by atoms with Crippen molar-refractivity contribution in [2.45, 2.75) is 19.3 Å². The smallest absolute Gasteiger partial charge is 0.126 e. The first-order valence-electron chi connectivity index (χ1n) is 15.6. The molecule has 1 aliphatic carbocycles. The summed E-state index contributed by atoms with van der Waals surface area (Å²) >= 11 is 1.90. The molecular formula is C41H29N3S. The third kappa shape index (κ3) is 3.19. The van der Waals surface area contributed by atoms with Gasteiger partial charge in [-0.1, -0.05) is 98.8 Å². The van der Waals surface area contributed by atoms with Gasteiger partial charge in [-0.15, -0.1) is 11.3 Å². The van der Waals surface area contributed by atoms with Crippen LogP contribution in [0.4, 0.5) is 50.5 Å². The van der Waals surface area contributed by atoms with Crippen LogP contribution < -0.4 is 14.7 Å². The van der Waals surface area contributed by atoms with Crippen LogP contribution >= 0.6 is 11.3 Å². The molecule has 1 aromatic heterocycles. The molecule has 0 N–H and O–H groups in total. The van der Waals surface area contributed by atoms with Gasteiger partial charge in [0.15, 0.2) is 0 Å². The maximum Gasteiger partial charge on any atom is 0.126 e. The minimum absolute atomic E-state index is 0.0737. The molecule has 10 rings (SSSR count). The standard InChI is InChI=1S/C41H29N3S/c1-41(2)29-19-10-9-18-28(29)36-30(41)24-25-35-37(36)39-40(45-35)43(27-16-7-4-8-17-27)34-23-13-22-33-38(34)44(39)32-21-12-11-20-31(32)42(33)26-14-5-3-6-15-26/h3-25H,1-2H3. The number of nitrogens with zero attached hydrogens (tertiary/aromatic N) is 3. The van der Waals surface area contributed by atoms with E-state index in [2.05, 4.69) is 168 Å². The third-order valence-corrected chi connectivity index (χ3v) is 11.0. The first-order chi connectivity index (χ1) is 22.1. The van der Waals surface area contributed by atoms with Crippen molar-refractivity contribution in [3.05, 3.63) is 151 Å². The van der Waals surface area contributed by atoms with Crippen molar-refractivity contribution in [1.82, 2.24) is 0 Å². The van der Waals surface area contributed by atoms with Gasteiger partial charge in [0.2, 0.25) is 0 Å². The highest BCUT2D eigenvalue weighted by Gasteiger charge is 2.44. The molecule has 0 atom stereocenters. The van der Waals surface area contributed by atoms with Crippen LogP contribution in [0.2, 0.25) is 0 Å². The lowest BCUT2D eigenvalue weighted by Crippen LogP contribution is -2.29. The molecule has 214 valence electrons. The largest absolute Gasteiger partial charge is 0.306 e. The summed E-state index contributed by atoms with van der Waals surface area (Å²) in [5.41, 5.74) is 15.0.